The van der Waals surface area contributed by atoms with Gasteiger partial charge in [0, 0.05) is 50.4 Å². The third-order valence-electron chi connectivity index (χ3n) is 5.40. The van der Waals surface area contributed by atoms with Crippen molar-refractivity contribution in [3.8, 4) is 0 Å². The molecule has 1 aromatic rings. The summed E-state index contributed by atoms with van der Waals surface area (Å²) in [5.41, 5.74) is 2.03. The Bertz CT molecular complexity index is 649. The van der Waals surface area contributed by atoms with Gasteiger partial charge in [0.25, 0.3) is 0 Å². The Morgan fingerprint density at radius 2 is 1.85 bits per heavy atom. The van der Waals surface area contributed by atoms with E-state index in [1.54, 1.807) is 0 Å². The number of benzene rings is 1. The molecule has 0 atom stereocenters. The number of hydrogen-bond acceptors (Lipinski definition) is 4. The summed E-state index contributed by atoms with van der Waals surface area (Å²) in [7, 11) is 2.16. The van der Waals surface area contributed by atoms with E-state index in [0.29, 0.717) is 6.54 Å². The molecule has 1 heterocycles. The number of likely N-dealkylation sites (N-methyl/N-ethyl adjacent to an activating group) is 1. The van der Waals surface area contributed by atoms with E-state index in [-0.39, 0.29) is 23.7 Å². The van der Waals surface area contributed by atoms with E-state index < -0.39 is 0 Å². The normalized spacial score (nSPS) is 19.8. The van der Waals surface area contributed by atoms with Gasteiger partial charge in [-0.25, -0.2) is 0 Å². The maximum atomic E-state index is 12.1. The highest BCUT2D eigenvalue weighted by atomic mass is 16.2. The van der Waals surface area contributed by atoms with Gasteiger partial charge in [0.2, 0.25) is 11.8 Å². The molecule has 0 aromatic heterocycles. The van der Waals surface area contributed by atoms with Crippen molar-refractivity contribution in [1.82, 2.24) is 15.1 Å². The van der Waals surface area contributed by atoms with Crippen LogP contribution in [-0.2, 0) is 9.59 Å². The van der Waals surface area contributed by atoms with Crippen molar-refractivity contribution in [2.24, 2.45) is 5.41 Å². The van der Waals surface area contributed by atoms with Gasteiger partial charge in [-0.3, -0.25) is 9.59 Å². The fraction of sp³-hybridized carbons (Fsp3) is 0.600. The van der Waals surface area contributed by atoms with Crippen molar-refractivity contribution < 1.29 is 9.59 Å². The fourth-order valence-electron chi connectivity index (χ4n) is 3.47. The van der Waals surface area contributed by atoms with E-state index in [0.717, 1.165) is 56.8 Å². The predicted molar refractivity (Wildman–Crippen MR) is 103 cm³/mol. The van der Waals surface area contributed by atoms with Gasteiger partial charge in [-0.05, 0) is 44.5 Å². The lowest BCUT2D eigenvalue weighted by Crippen LogP contribution is -2.48. The highest BCUT2D eigenvalue weighted by Crippen LogP contribution is 2.45. The molecule has 1 aliphatic heterocycles. The third-order valence-corrected chi connectivity index (χ3v) is 5.40. The van der Waals surface area contributed by atoms with E-state index in [9.17, 15) is 9.59 Å². The van der Waals surface area contributed by atoms with Crippen LogP contribution in [0.4, 0.5) is 5.69 Å². The number of aryl methyl sites for hydroxylation is 1. The Kier molecular flexibility index (Phi) is 5.94. The van der Waals surface area contributed by atoms with Gasteiger partial charge in [0.1, 0.15) is 6.42 Å². The van der Waals surface area contributed by atoms with E-state index in [2.05, 4.69) is 27.5 Å². The van der Waals surface area contributed by atoms with E-state index >= 15 is 0 Å². The van der Waals surface area contributed by atoms with Crippen LogP contribution in [0.15, 0.2) is 24.3 Å². The number of nitrogens with zero attached hydrogens (tertiary/aromatic N) is 2. The number of nitrogens with one attached hydrogen (secondary N) is 2. The maximum absolute atomic E-state index is 12.1. The monoisotopic (exact) mass is 358 g/mol. The molecule has 0 unspecified atom stereocenters. The Hall–Kier alpha value is -1.92. The smallest absolute Gasteiger partial charge is 0.233 e. The lowest BCUT2D eigenvalue weighted by molar-refractivity contribution is -0.127. The molecule has 6 heteroatoms. The molecule has 3 rings (SSSR count). The second-order valence-corrected chi connectivity index (χ2v) is 7.95. The number of carbonyl (C=O) groups excluding carboxylic acids is 2. The molecule has 142 valence electrons. The zero-order valence-electron chi connectivity index (χ0n) is 15.9. The molecule has 1 saturated carbocycles. The highest BCUT2D eigenvalue weighted by molar-refractivity contribution is 6.03. The van der Waals surface area contributed by atoms with Gasteiger partial charge >= 0.3 is 0 Å². The molecular formula is C20H30N4O2. The topological polar surface area (TPSA) is 64.7 Å². The summed E-state index contributed by atoms with van der Waals surface area (Å²) in [6, 6.07) is 7.58. The SMILES string of the molecule is Cc1cccc(NC(=O)CC(=O)NCC2(CN3CCN(C)CC3)CC2)c1. The highest BCUT2D eigenvalue weighted by Gasteiger charge is 2.44. The van der Waals surface area contributed by atoms with Crippen LogP contribution in [0.2, 0.25) is 0 Å². The first-order valence-electron chi connectivity index (χ1n) is 9.48. The quantitative estimate of drug-likeness (QED) is 0.725. The van der Waals surface area contributed by atoms with E-state index in [4.69, 9.17) is 0 Å². The average Bonchev–Trinajstić information content (AvgIpc) is 3.35. The minimum Gasteiger partial charge on any atom is -0.355 e. The van der Waals surface area contributed by atoms with Gasteiger partial charge in [-0.1, -0.05) is 12.1 Å². The lowest BCUT2D eigenvalue weighted by Gasteiger charge is -2.34. The molecule has 1 aromatic carbocycles. The summed E-state index contributed by atoms with van der Waals surface area (Å²) < 4.78 is 0. The van der Waals surface area contributed by atoms with Crippen LogP contribution >= 0.6 is 0 Å². The van der Waals surface area contributed by atoms with Crippen LogP contribution in [0, 0.1) is 12.3 Å². The zero-order chi connectivity index (χ0) is 18.6. The van der Waals surface area contributed by atoms with Crippen LogP contribution in [0.5, 0.6) is 0 Å². The van der Waals surface area contributed by atoms with E-state index in [1.165, 1.54) is 0 Å². The fourth-order valence-corrected chi connectivity index (χ4v) is 3.47. The van der Waals surface area contributed by atoms with Crippen molar-refractivity contribution in [2.45, 2.75) is 26.2 Å². The number of anilines is 1. The number of carbonyl (C=O) groups is 2. The second kappa shape index (κ2) is 8.18. The molecule has 1 saturated heterocycles. The molecule has 0 radical (unpaired) electrons. The lowest BCUT2D eigenvalue weighted by atomic mass is 10.1. The number of rotatable bonds is 7. The van der Waals surface area contributed by atoms with Gasteiger partial charge in [0.15, 0.2) is 0 Å². The van der Waals surface area contributed by atoms with Crippen molar-refractivity contribution >= 4 is 17.5 Å². The molecule has 2 aliphatic rings. The van der Waals surface area contributed by atoms with E-state index in [1.807, 2.05) is 31.2 Å². The number of hydrogen-bond donors (Lipinski definition) is 2. The average molecular weight is 358 g/mol. The van der Waals surface area contributed by atoms with Crippen LogP contribution < -0.4 is 10.6 Å². The predicted octanol–water partition coefficient (Wildman–Crippen LogP) is 1.47. The summed E-state index contributed by atoms with van der Waals surface area (Å²) in [4.78, 5) is 29.0. The molecule has 0 spiro atoms. The number of amides is 2. The minimum absolute atomic E-state index is 0.126. The first-order valence-corrected chi connectivity index (χ1v) is 9.48. The minimum atomic E-state index is -0.267. The van der Waals surface area contributed by atoms with Crippen molar-refractivity contribution in [2.75, 3.05) is 51.6 Å². The van der Waals surface area contributed by atoms with Gasteiger partial charge in [-0.2, -0.15) is 0 Å². The Morgan fingerprint density at radius 3 is 2.50 bits per heavy atom. The van der Waals surface area contributed by atoms with Crippen molar-refractivity contribution in [3.05, 3.63) is 29.8 Å². The molecular weight excluding hydrogens is 328 g/mol. The first-order chi connectivity index (χ1) is 12.4. The molecule has 2 N–H and O–H groups in total. The summed E-state index contributed by atoms with van der Waals surface area (Å²) in [6.07, 6.45) is 2.20. The zero-order valence-corrected chi connectivity index (χ0v) is 15.9. The summed E-state index contributed by atoms with van der Waals surface area (Å²) in [5, 5.41) is 5.76. The van der Waals surface area contributed by atoms with Gasteiger partial charge in [0.05, 0.1) is 0 Å². The second-order valence-electron chi connectivity index (χ2n) is 7.95. The molecule has 2 fully saturated rings. The van der Waals surface area contributed by atoms with Crippen LogP contribution in [0.1, 0.15) is 24.8 Å². The van der Waals surface area contributed by atoms with Crippen LogP contribution in [-0.4, -0.2) is 67.9 Å². The summed E-state index contributed by atoms with van der Waals surface area (Å²) in [5.74, 6) is -0.461. The Labute approximate surface area is 155 Å². The van der Waals surface area contributed by atoms with Crippen molar-refractivity contribution in [3.63, 3.8) is 0 Å². The largest absolute Gasteiger partial charge is 0.355 e. The third kappa shape index (κ3) is 5.54. The summed E-state index contributed by atoms with van der Waals surface area (Å²) in [6.45, 7) is 8.13. The Morgan fingerprint density at radius 1 is 1.12 bits per heavy atom. The van der Waals surface area contributed by atoms with Gasteiger partial charge < -0.3 is 20.4 Å². The summed E-state index contributed by atoms with van der Waals surface area (Å²) >= 11 is 0. The molecule has 26 heavy (non-hydrogen) atoms. The van der Waals surface area contributed by atoms with Crippen LogP contribution in [0.25, 0.3) is 0 Å². The van der Waals surface area contributed by atoms with Gasteiger partial charge in [-0.15, -0.1) is 0 Å². The molecule has 1 aliphatic carbocycles. The first kappa shape index (κ1) is 18.9. The maximum Gasteiger partial charge on any atom is 0.233 e. The number of piperazine rings is 1. The Balaban J connectivity index is 1.39. The molecule has 2 amide bonds. The molecule has 6 nitrogen and oxygen atoms in total. The van der Waals surface area contributed by atoms with Crippen molar-refractivity contribution in [1.29, 1.82) is 0 Å². The molecule has 0 bridgehead atoms. The van der Waals surface area contributed by atoms with Crippen LogP contribution in [0.3, 0.4) is 0 Å². The standard InChI is InChI=1S/C20H30N4O2/c1-16-4-3-5-17(12-16)22-19(26)13-18(25)21-14-20(6-7-20)15-24-10-8-23(2)9-11-24/h3-5,12H,6-11,13-15H2,1-2H3,(H,21,25)(H,22,26).